The SMILES string of the molecule is CCCCC[C@H](O)C=C[C@@H]1C=CC(=O)/C1=C/CCCCCC(=O)OC. The maximum Gasteiger partial charge on any atom is 0.305 e. The van der Waals surface area contributed by atoms with Crippen molar-refractivity contribution in [1.82, 2.24) is 0 Å². The van der Waals surface area contributed by atoms with Gasteiger partial charge in [0.15, 0.2) is 5.78 Å². The van der Waals surface area contributed by atoms with E-state index in [4.69, 9.17) is 0 Å². The van der Waals surface area contributed by atoms with Crippen molar-refractivity contribution in [3.8, 4) is 0 Å². The summed E-state index contributed by atoms with van der Waals surface area (Å²) < 4.78 is 4.61. The summed E-state index contributed by atoms with van der Waals surface area (Å²) in [6.45, 7) is 2.14. The average molecular weight is 348 g/mol. The number of aliphatic hydroxyl groups excluding tert-OH is 1. The molecule has 1 N–H and O–H groups in total. The number of ether oxygens (including phenoxy) is 1. The largest absolute Gasteiger partial charge is 0.469 e. The van der Waals surface area contributed by atoms with E-state index in [-0.39, 0.29) is 17.7 Å². The van der Waals surface area contributed by atoms with E-state index in [1.807, 2.05) is 24.3 Å². The number of allylic oxidation sites excluding steroid dienone is 5. The number of methoxy groups -OCH3 is 1. The van der Waals surface area contributed by atoms with Gasteiger partial charge >= 0.3 is 5.97 Å². The number of hydrogen-bond acceptors (Lipinski definition) is 4. The highest BCUT2D eigenvalue weighted by atomic mass is 16.5. The molecule has 0 saturated heterocycles. The Morgan fingerprint density at radius 1 is 1.28 bits per heavy atom. The van der Waals surface area contributed by atoms with Gasteiger partial charge in [0, 0.05) is 17.9 Å². The van der Waals surface area contributed by atoms with Crippen LogP contribution in [-0.4, -0.2) is 30.1 Å². The van der Waals surface area contributed by atoms with Crippen LogP contribution in [0.5, 0.6) is 0 Å². The van der Waals surface area contributed by atoms with Crippen molar-refractivity contribution in [1.29, 1.82) is 0 Å². The first-order valence-corrected chi connectivity index (χ1v) is 9.44. The zero-order chi connectivity index (χ0) is 18.5. The van der Waals surface area contributed by atoms with Crippen LogP contribution in [0.25, 0.3) is 0 Å². The van der Waals surface area contributed by atoms with E-state index < -0.39 is 6.10 Å². The average Bonchev–Trinajstić information content (AvgIpc) is 2.96. The Kier molecular flexibility index (Phi) is 10.8. The van der Waals surface area contributed by atoms with Gasteiger partial charge in [-0.25, -0.2) is 0 Å². The summed E-state index contributed by atoms with van der Waals surface area (Å²) in [4.78, 5) is 23.0. The van der Waals surface area contributed by atoms with Gasteiger partial charge in [0.05, 0.1) is 13.2 Å². The summed E-state index contributed by atoms with van der Waals surface area (Å²) in [6, 6.07) is 0. The molecular formula is C21H32O4. The van der Waals surface area contributed by atoms with Gasteiger partial charge < -0.3 is 9.84 Å². The number of carbonyl (C=O) groups excluding carboxylic acids is 2. The molecule has 0 aromatic heterocycles. The molecule has 4 nitrogen and oxygen atoms in total. The fourth-order valence-electron chi connectivity index (χ4n) is 2.86. The number of aliphatic hydroxyl groups is 1. The molecule has 1 rings (SSSR count). The molecule has 4 heteroatoms. The molecular weight excluding hydrogens is 316 g/mol. The Hall–Kier alpha value is -1.68. The van der Waals surface area contributed by atoms with E-state index in [2.05, 4.69) is 11.7 Å². The smallest absolute Gasteiger partial charge is 0.305 e. The lowest BCUT2D eigenvalue weighted by molar-refractivity contribution is -0.140. The van der Waals surface area contributed by atoms with Crippen molar-refractivity contribution in [3.05, 3.63) is 36.0 Å². The highest BCUT2D eigenvalue weighted by Crippen LogP contribution is 2.24. The van der Waals surface area contributed by atoms with Crippen LogP contribution in [0.15, 0.2) is 36.0 Å². The summed E-state index contributed by atoms with van der Waals surface area (Å²) in [7, 11) is 1.40. The second-order valence-corrected chi connectivity index (χ2v) is 6.53. The fraction of sp³-hybridized carbons (Fsp3) is 0.619. The Bertz CT molecular complexity index is 502. The van der Waals surface area contributed by atoms with Crippen LogP contribution in [-0.2, 0) is 14.3 Å². The van der Waals surface area contributed by atoms with Crippen molar-refractivity contribution >= 4 is 11.8 Å². The minimum Gasteiger partial charge on any atom is -0.469 e. The first-order chi connectivity index (χ1) is 12.1. The minimum absolute atomic E-state index is 0.0246. The predicted octanol–water partition coefficient (Wildman–Crippen LogP) is 4.29. The van der Waals surface area contributed by atoms with Crippen LogP contribution in [0.1, 0.15) is 64.7 Å². The number of rotatable bonds is 12. The number of hydrogen-bond donors (Lipinski definition) is 1. The van der Waals surface area contributed by atoms with Gasteiger partial charge in [-0.15, -0.1) is 0 Å². The maximum absolute atomic E-state index is 12.0. The second-order valence-electron chi connectivity index (χ2n) is 6.53. The van der Waals surface area contributed by atoms with Crippen LogP contribution in [0.2, 0.25) is 0 Å². The minimum atomic E-state index is -0.435. The first kappa shape index (κ1) is 21.4. The molecule has 0 aromatic carbocycles. The Morgan fingerprint density at radius 2 is 2.08 bits per heavy atom. The number of ketones is 1. The highest BCUT2D eigenvalue weighted by Gasteiger charge is 2.20. The Morgan fingerprint density at radius 3 is 2.80 bits per heavy atom. The quantitative estimate of drug-likeness (QED) is 0.247. The van der Waals surface area contributed by atoms with Gasteiger partial charge in [-0.1, -0.05) is 56.9 Å². The van der Waals surface area contributed by atoms with Gasteiger partial charge in [-0.05, 0) is 31.8 Å². The lowest BCUT2D eigenvalue weighted by Gasteiger charge is -2.08. The molecule has 0 heterocycles. The molecule has 0 spiro atoms. The molecule has 0 fully saturated rings. The highest BCUT2D eigenvalue weighted by molar-refractivity contribution is 6.07. The number of esters is 1. The van der Waals surface area contributed by atoms with E-state index in [0.29, 0.717) is 6.42 Å². The van der Waals surface area contributed by atoms with E-state index in [9.17, 15) is 14.7 Å². The third-order valence-corrected chi connectivity index (χ3v) is 4.42. The summed E-state index contributed by atoms with van der Waals surface area (Å²) in [5, 5.41) is 9.97. The van der Waals surface area contributed by atoms with Crippen molar-refractivity contribution in [2.45, 2.75) is 70.8 Å². The summed E-state index contributed by atoms with van der Waals surface area (Å²) in [6.07, 6.45) is 16.9. The standard InChI is InChI=1S/C21H32O4/c1-3-4-7-10-18(22)15-13-17-14-16-20(23)19(17)11-8-5-6-9-12-21(24)25-2/h11,13-18,22H,3-10,12H2,1-2H3/b15-13?,19-11+/t17-,18+/m1/s1. The van der Waals surface area contributed by atoms with Gasteiger partial charge in [-0.2, -0.15) is 0 Å². The van der Waals surface area contributed by atoms with Crippen molar-refractivity contribution in [2.75, 3.05) is 7.11 Å². The van der Waals surface area contributed by atoms with Gasteiger partial charge in [0.25, 0.3) is 0 Å². The lowest BCUT2D eigenvalue weighted by Crippen LogP contribution is -2.05. The zero-order valence-electron chi connectivity index (χ0n) is 15.6. The molecule has 25 heavy (non-hydrogen) atoms. The molecule has 0 aromatic rings. The zero-order valence-corrected chi connectivity index (χ0v) is 15.6. The molecule has 0 amide bonds. The second kappa shape index (κ2) is 12.6. The number of unbranched alkanes of at least 4 members (excludes halogenated alkanes) is 5. The van der Waals surface area contributed by atoms with Crippen LogP contribution in [0, 0.1) is 5.92 Å². The van der Waals surface area contributed by atoms with Crippen molar-refractivity contribution in [2.24, 2.45) is 5.92 Å². The maximum atomic E-state index is 12.0. The molecule has 2 atom stereocenters. The molecule has 140 valence electrons. The van der Waals surface area contributed by atoms with E-state index in [1.165, 1.54) is 7.11 Å². The molecule has 0 aliphatic heterocycles. The van der Waals surface area contributed by atoms with Gasteiger partial charge in [0.2, 0.25) is 0 Å². The monoisotopic (exact) mass is 348 g/mol. The topological polar surface area (TPSA) is 63.6 Å². The van der Waals surface area contributed by atoms with Crippen molar-refractivity contribution < 1.29 is 19.4 Å². The van der Waals surface area contributed by atoms with E-state index in [0.717, 1.165) is 56.9 Å². The predicted molar refractivity (Wildman–Crippen MR) is 100 cm³/mol. The summed E-state index contributed by atoms with van der Waals surface area (Å²) in [5.41, 5.74) is 0.796. The third kappa shape index (κ3) is 8.82. The Balaban J connectivity index is 2.38. The molecule has 0 saturated carbocycles. The normalized spacial score (nSPS) is 19.9. The van der Waals surface area contributed by atoms with Gasteiger partial charge in [-0.3, -0.25) is 9.59 Å². The fourth-order valence-corrected chi connectivity index (χ4v) is 2.86. The van der Waals surface area contributed by atoms with Crippen molar-refractivity contribution in [3.63, 3.8) is 0 Å². The molecule has 0 unspecified atom stereocenters. The molecule has 0 radical (unpaired) electrons. The molecule has 0 bridgehead atoms. The van der Waals surface area contributed by atoms with Gasteiger partial charge in [0.1, 0.15) is 0 Å². The van der Waals surface area contributed by atoms with Crippen LogP contribution >= 0.6 is 0 Å². The van der Waals surface area contributed by atoms with Crippen LogP contribution in [0.3, 0.4) is 0 Å². The van der Waals surface area contributed by atoms with Crippen LogP contribution < -0.4 is 0 Å². The number of carbonyl (C=O) groups is 2. The van der Waals surface area contributed by atoms with E-state index in [1.54, 1.807) is 6.08 Å². The summed E-state index contributed by atoms with van der Waals surface area (Å²) in [5.74, 6) is -0.135. The first-order valence-electron chi connectivity index (χ1n) is 9.44. The van der Waals surface area contributed by atoms with E-state index >= 15 is 0 Å². The lowest BCUT2D eigenvalue weighted by atomic mass is 9.98. The molecule has 1 aliphatic rings. The Labute approximate surface area is 151 Å². The summed E-state index contributed by atoms with van der Waals surface area (Å²) >= 11 is 0. The van der Waals surface area contributed by atoms with Crippen LogP contribution in [0.4, 0.5) is 0 Å². The molecule has 1 aliphatic carbocycles. The third-order valence-electron chi connectivity index (χ3n) is 4.42.